The molecule has 0 unspecified atom stereocenters. The van der Waals surface area contributed by atoms with Gasteiger partial charge >= 0.3 is 0 Å². The summed E-state index contributed by atoms with van der Waals surface area (Å²) < 4.78 is 36.0. The summed E-state index contributed by atoms with van der Waals surface area (Å²) in [5.41, 5.74) is 1.92. The molecule has 0 spiro atoms. The van der Waals surface area contributed by atoms with Crippen molar-refractivity contribution >= 4 is 55.1 Å². The highest BCUT2D eigenvalue weighted by atomic mass is 79.9. The van der Waals surface area contributed by atoms with Gasteiger partial charge in [0.2, 0.25) is 11.8 Å². The van der Waals surface area contributed by atoms with Crippen LogP contribution in [0.1, 0.15) is 50.2 Å². The van der Waals surface area contributed by atoms with Gasteiger partial charge in [-0.25, -0.2) is 8.42 Å². The maximum Gasteiger partial charge on any atom is 0.264 e. The molecule has 5 rings (SSSR count). The van der Waals surface area contributed by atoms with Gasteiger partial charge in [0.05, 0.1) is 17.2 Å². The molecular formula is C38H41BrClN3O5S. The molecule has 0 bridgehead atoms. The van der Waals surface area contributed by atoms with Gasteiger partial charge < -0.3 is 15.0 Å². The van der Waals surface area contributed by atoms with Crippen molar-refractivity contribution in [1.29, 1.82) is 0 Å². The highest BCUT2D eigenvalue weighted by Crippen LogP contribution is 2.28. The standard InChI is InChI=1S/C38H41BrClN3O5S/c1-2-48-34-21-19-33(20-22-34)43(49(46,47)35-23-15-30(39)16-24-35)27-37(44)42(26-29-13-17-31(40)18-14-29)36(25-28-9-5-3-6-10-28)38(45)41-32-11-7-4-8-12-32/h3,5-6,9-10,13-24,32,36H,2,4,7-8,11-12,25-27H2,1H3,(H,41,45)/t36-/m1/s1. The Kier molecular flexibility index (Phi) is 12.8. The molecule has 1 aliphatic rings. The molecule has 1 atom stereocenters. The van der Waals surface area contributed by atoms with E-state index in [2.05, 4.69) is 21.2 Å². The first-order valence-electron chi connectivity index (χ1n) is 16.5. The zero-order chi connectivity index (χ0) is 34.8. The lowest BCUT2D eigenvalue weighted by molar-refractivity contribution is -0.140. The molecule has 0 aliphatic heterocycles. The van der Waals surface area contributed by atoms with E-state index >= 15 is 0 Å². The SMILES string of the molecule is CCOc1ccc(N(CC(=O)N(Cc2ccc(Cl)cc2)[C@H](Cc2ccccc2)C(=O)NC2CCCCC2)S(=O)(=O)c2ccc(Br)cc2)cc1. The molecule has 4 aromatic carbocycles. The first-order valence-corrected chi connectivity index (χ1v) is 19.1. The number of rotatable bonds is 14. The van der Waals surface area contributed by atoms with Crippen LogP contribution < -0.4 is 14.4 Å². The van der Waals surface area contributed by atoms with E-state index < -0.39 is 28.5 Å². The lowest BCUT2D eigenvalue weighted by atomic mass is 9.94. The van der Waals surface area contributed by atoms with E-state index in [0.29, 0.717) is 17.4 Å². The molecule has 0 heterocycles. The quantitative estimate of drug-likeness (QED) is 0.142. The Morgan fingerprint density at radius 2 is 1.53 bits per heavy atom. The fourth-order valence-corrected chi connectivity index (χ4v) is 7.83. The smallest absolute Gasteiger partial charge is 0.264 e. The van der Waals surface area contributed by atoms with E-state index in [4.69, 9.17) is 16.3 Å². The number of nitrogens with one attached hydrogen (secondary N) is 1. The van der Waals surface area contributed by atoms with E-state index in [9.17, 15) is 18.0 Å². The number of benzene rings is 4. The molecule has 0 aromatic heterocycles. The van der Waals surface area contributed by atoms with Gasteiger partial charge in [0, 0.05) is 28.5 Å². The van der Waals surface area contributed by atoms with E-state index in [1.807, 2.05) is 49.4 Å². The Morgan fingerprint density at radius 1 is 0.878 bits per heavy atom. The second-order valence-electron chi connectivity index (χ2n) is 12.1. The van der Waals surface area contributed by atoms with E-state index in [1.165, 1.54) is 17.0 Å². The van der Waals surface area contributed by atoms with Gasteiger partial charge in [0.1, 0.15) is 18.3 Å². The first kappa shape index (κ1) is 36.4. The minimum Gasteiger partial charge on any atom is -0.494 e. The number of nitrogens with zero attached hydrogens (tertiary/aromatic N) is 2. The van der Waals surface area contributed by atoms with E-state index in [-0.39, 0.29) is 35.5 Å². The number of sulfonamides is 1. The number of hydrogen-bond acceptors (Lipinski definition) is 5. The lowest BCUT2D eigenvalue weighted by Gasteiger charge is -2.35. The van der Waals surface area contributed by atoms with Crippen molar-refractivity contribution in [3.8, 4) is 5.75 Å². The average molecular weight is 767 g/mol. The summed E-state index contributed by atoms with van der Waals surface area (Å²) in [6.07, 6.45) is 5.22. The van der Waals surface area contributed by atoms with Crippen LogP contribution in [0, 0.1) is 0 Å². The Hall–Kier alpha value is -3.86. The van der Waals surface area contributed by atoms with Crippen LogP contribution in [0.5, 0.6) is 5.75 Å². The molecule has 8 nitrogen and oxygen atoms in total. The molecule has 2 amide bonds. The van der Waals surface area contributed by atoms with Crippen LogP contribution in [0.2, 0.25) is 5.02 Å². The van der Waals surface area contributed by atoms with Crippen LogP contribution >= 0.6 is 27.5 Å². The average Bonchev–Trinajstić information content (AvgIpc) is 3.11. The lowest BCUT2D eigenvalue weighted by Crippen LogP contribution is -2.55. The molecule has 0 saturated heterocycles. The van der Waals surface area contributed by atoms with Crippen molar-refractivity contribution in [2.45, 2.75) is 69.0 Å². The predicted octanol–water partition coefficient (Wildman–Crippen LogP) is 7.79. The Bertz CT molecular complexity index is 1780. The zero-order valence-electron chi connectivity index (χ0n) is 27.4. The number of amides is 2. The highest BCUT2D eigenvalue weighted by molar-refractivity contribution is 9.10. The number of carbonyl (C=O) groups excluding carboxylic acids is 2. The number of ether oxygens (including phenoxy) is 1. The molecule has 258 valence electrons. The maximum atomic E-state index is 14.7. The fourth-order valence-electron chi connectivity index (χ4n) is 6.02. The van der Waals surface area contributed by atoms with Gasteiger partial charge in [-0.15, -0.1) is 0 Å². The zero-order valence-corrected chi connectivity index (χ0v) is 30.6. The summed E-state index contributed by atoms with van der Waals surface area (Å²) in [5.74, 6) is -0.212. The van der Waals surface area contributed by atoms with Gasteiger partial charge in [0.15, 0.2) is 0 Å². The molecule has 1 saturated carbocycles. The minimum absolute atomic E-state index is 0.0187. The summed E-state index contributed by atoms with van der Waals surface area (Å²) in [6.45, 7) is 1.84. The van der Waals surface area contributed by atoms with Crippen molar-refractivity contribution < 1.29 is 22.7 Å². The summed E-state index contributed by atoms with van der Waals surface area (Å²) >= 11 is 9.57. The number of anilines is 1. The molecule has 1 aliphatic carbocycles. The van der Waals surface area contributed by atoms with Gasteiger partial charge in [-0.1, -0.05) is 89.3 Å². The van der Waals surface area contributed by atoms with Gasteiger partial charge in [-0.3, -0.25) is 13.9 Å². The van der Waals surface area contributed by atoms with Crippen molar-refractivity contribution in [3.63, 3.8) is 0 Å². The molecule has 49 heavy (non-hydrogen) atoms. The summed E-state index contributed by atoms with van der Waals surface area (Å²) in [4.78, 5) is 30.5. The van der Waals surface area contributed by atoms with Crippen molar-refractivity contribution in [2.75, 3.05) is 17.5 Å². The third-order valence-electron chi connectivity index (χ3n) is 8.61. The summed E-state index contributed by atoms with van der Waals surface area (Å²) in [6, 6.07) is 28.6. The van der Waals surface area contributed by atoms with Crippen molar-refractivity contribution in [3.05, 3.63) is 124 Å². The fraction of sp³-hybridized carbons (Fsp3) is 0.316. The Balaban J connectivity index is 1.56. The molecular weight excluding hydrogens is 726 g/mol. The van der Waals surface area contributed by atoms with E-state index in [0.717, 1.165) is 52.0 Å². The third-order valence-corrected chi connectivity index (χ3v) is 11.2. The van der Waals surface area contributed by atoms with Crippen LogP contribution in [0.3, 0.4) is 0 Å². The summed E-state index contributed by atoms with van der Waals surface area (Å²) in [7, 11) is -4.22. The number of carbonyl (C=O) groups is 2. The normalized spacial score (nSPS) is 14.1. The first-order chi connectivity index (χ1) is 23.6. The van der Waals surface area contributed by atoms with Crippen LogP contribution in [-0.4, -0.2) is 50.4 Å². The Morgan fingerprint density at radius 3 is 2.16 bits per heavy atom. The second-order valence-corrected chi connectivity index (χ2v) is 15.3. The molecule has 1 fully saturated rings. The van der Waals surface area contributed by atoms with Gasteiger partial charge in [-0.05, 0) is 91.6 Å². The predicted molar refractivity (Wildman–Crippen MR) is 197 cm³/mol. The molecule has 4 aromatic rings. The molecule has 11 heteroatoms. The van der Waals surface area contributed by atoms with E-state index in [1.54, 1.807) is 48.5 Å². The van der Waals surface area contributed by atoms with Crippen molar-refractivity contribution in [2.24, 2.45) is 0 Å². The van der Waals surface area contributed by atoms with Gasteiger partial charge in [0.25, 0.3) is 10.0 Å². The monoisotopic (exact) mass is 765 g/mol. The molecule has 1 N–H and O–H groups in total. The highest BCUT2D eigenvalue weighted by Gasteiger charge is 2.35. The minimum atomic E-state index is -4.22. The van der Waals surface area contributed by atoms with Crippen LogP contribution in [0.25, 0.3) is 0 Å². The number of halogens is 2. The van der Waals surface area contributed by atoms with Crippen LogP contribution in [0.4, 0.5) is 5.69 Å². The van der Waals surface area contributed by atoms with Crippen LogP contribution in [-0.2, 0) is 32.6 Å². The third kappa shape index (κ3) is 9.86. The number of hydrogen-bond donors (Lipinski definition) is 1. The van der Waals surface area contributed by atoms with Crippen molar-refractivity contribution in [1.82, 2.24) is 10.2 Å². The summed E-state index contributed by atoms with van der Waals surface area (Å²) in [5, 5.41) is 3.77. The van der Waals surface area contributed by atoms with Gasteiger partial charge in [-0.2, -0.15) is 0 Å². The van der Waals surface area contributed by atoms with Crippen LogP contribution in [0.15, 0.2) is 112 Å². The largest absolute Gasteiger partial charge is 0.494 e. The topological polar surface area (TPSA) is 96.0 Å². The second kappa shape index (κ2) is 17.2. The maximum absolute atomic E-state index is 14.7. The Labute approximate surface area is 302 Å². The molecule has 0 radical (unpaired) electrons.